The number of carbonyl (C=O) groups is 2. The van der Waals surface area contributed by atoms with Crippen molar-refractivity contribution in [3.05, 3.63) is 24.3 Å². The van der Waals surface area contributed by atoms with E-state index < -0.39 is 5.97 Å². The highest BCUT2D eigenvalue weighted by atomic mass is 16.5. The molecule has 0 aromatic heterocycles. The van der Waals surface area contributed by atoms with E-state index >= 15 is 0 Å². The van der Waals surface area contributed by atoms with Crippen LogP contribution in [-0.4, -0.2) is 51.4 Å². The maximum absolute atomic E-state index is 11.7. The fraction of sp³-hybridized carbons (Fsp3) is 0.529. The van der Waals surface area contributed by atoms with Gasteiger partial charge in [0, 0.05) is 19.7 Å². The minimum atomic E-state index is -0.426. The van der Waals surface area contributed by atoms with E-state index in [0.29, 0.717) is 18.8 Å². The molecule has 2 rings (SSSR count). The monoisotopic (exact) mass is 336 g/mol. The maximum Gasteiger partial charge on any atom is 0.308 e. The minimum absolute atomic E-state index is 0.0784. The Morgan fingerprint density at radius 1 is 1.33 bits per heavy atom. The van der Waals surface area contributed by atoms with Crippen molar-refractivity contribution in [1.82, 2.24) is 5.32 Å². The predicted octanol–water partition coefficient (Wildman–Crippen LogP) is 1.34. The molecule has 0 aliphatic carbocycles. The van der Waals surface area contributed by atoms with E-state index in [4.69, 9.17) is 14.2 Å². The van der Waals surface area contributed by atoms with Crippen molar-refractivity contribution < 1.29 is 23.8 Å². The van der Waals surface area contributed by atoms with Crippen molar-refractivity contribution in [3.63, 3.8) is 0 Å². The number of methoxy groups -OCH3 is 1. The molecule has 1 heterocycles. The summed E-state index contributed by atoms with van der Waals surface area (Å²) in [6.45, 7) is 1.34. The van der Waals surface area contributed by atoms with Gasteiger partial charge in [0.15, 0.2) is 6.61 Å². The van der Waals surface area contributed by atoms with Gasteiger partial charge in [0.25, 0.3) is 5.91 Å². The van der Waals surface area contributed by atoms with Crippen LogP contribution in [0.1, 0.15) is 19.3 Å². The molecule has 1 amide bonds. The molecule has 1 aliphatic rings. The molecule has 0 spiro atoms. The van der Waals surface area contributed by atoms with Crippen LogP contribution in [0.3, 0.4) is 0 Å². The van der Waals surface area contributed by atoms with Gasteiger partial charge in [0.2, 0.25) is 0 Å². The van der Waals surface area contributed by atoms with Crippen molar-refractivity contribution in [2.45, 2.75) is 25.4 Å². The molecule has 1 fully saturated rings. The summed E-state index contributed by atoms with van der Waals surface area (Å²) in [5.41, 5.74) is 0.808. The lowest BCUT2D eigenvalue weighted by Gasteiger charge is -2.12. The first-order valence-electron chi connectivity index (χ1n) is 8.10. The number of hydrogen-bond donors (Lipinski definition) is 2. The van der Waals surface area contributed by atoms with Crippen LogP contribution < -0.4 is 15.4 Å². The summed E-state index contributed by atoms with van der Waals surface area (Å²) in [6, 6.07) is 7.44. The van der Waals surface area contributed by atoms with Crippen LogP contribution >= 0.6 is 0 Å². The SMILES string of the molecule is COc1ccccc1NCCC(=O)OCC(=O)NC[C@@H]1CCCO1. The Hall–Kier alpha value is -2.28. The molecule has 1 aromatic carbocycles. The summed E-state index contributed by atoms with van der Waals surface area (Å²) in [5.74, 6) is -0.0272. The third-order valence-electron chi connectivity index (χ3n) is 3.67. The molecule has 24 heavy (non-hydrogen) atoms. The molecule has 7 nitrogen and oxygen atoms in total. The normalized spacial score (nSPS) is 16.5. The third-order valence-corrected chi connectivity index (χ3v) is 3.67. The summed E-state index contributed by atoms with van der Waals surface area (Å²) in [6.07, 6.45) is 2.22. The number of anilines is 1. The number of nitrogens with one attached hydrogen (secondary N) is 2. The van der Waals surface area contributed by atoms with Gasteiger partial charge in [0.1, 0.15) is 5.75 Å². The summed E-state index contributed by atoms with van der Waals surface area (Å²) in [7, 11) is 1.59. The molecule has 0 bridgehead atoms. The summed E-state index contributed by atoms with van der Waals surface area (Å²) >= 11 is 0. The topological polar surface area (TPSA) is 85.9 Å². The van der Waals surface area contributed by atoms with Crippen LogP contribution in [0.25, 0.3) is 0 Å². The Morgan fingerprint density at radius 2 is 2.17 bits per heavy atom. The molecule has 1 aliphatic heterocycles. The van der Waals surface area contributed by atoms with Crippen molar-refractivity contribution in [2.75, 3.05) is 38.7 Å². The zero-order chi connectivity index (χ0) is 17.2. The maximum atomic E-state index is 11.7. The van der Waals surface area contributed by atoms with Crippen LogP contribution in [0.15, 0.2) is 24.3 Å². The fourth-order valence-electron chi connectivity index (χ4n) is 2.39. The Kier molecular flexibility index (Phi) is 7.35. The highest BCUT2D eigenvalue weighted by Gasteiger charge is 2.16. The zero-order valence-corrected chi connectivity index (χ0v) is 13.9. The average Bonchev–Trinajstić information content (AvgIpc) is 3.12. The number of esters is 1. The summed E-state index contributed by atoms with van der Waals surface area (Å²) < 4.78 is 15.6. The minimum Gasteiger partial charge on any atom is -0.495 e. The highest BCUT2D eigenvalue weighted by molar-refractivity contribution is 5.80. The molecule has 0 unspecified atom stereocenters. The van der Waals surface area contributed by atoms with Crippen molar-refractivity contribution in [2.24, 2.45) is 0 Å². The highest BCUT2D eigenvalue weighted by Crippen LogP contribution is 2.22. The number of rotatable bonds is 9. The molecular formula is C17H24N2O5. The smallest absolute Gasteiger partial charge is 0.308 e. The Balaban J connectivity index is 1.58. The number of amides is 1. The van der Waals surface area contributed by atoms with Gasteiger partial charge in [-0.05, 0) is 25.0 Å². The van der Waals surface area contributed by atoms with Crippen LogP contribution in [0.4, 0.5) is 5.69 Å². The van der Waals surface area contributed by atoms with Crippen LogP contribution in [0.2, 0.25) is 0 Å². The van der Waals surface area contributed by atoms with E-state index in [0.717, 1.165) is 25.1 Å². The molecule has 1 atom stereocenters. The van der Waals surface area contributed by atoms with E-state index in [9.17, 15) is 9.59 Å². The number of benzene rings is 1. The van der Waals surface area contributed by atoms with Crippen molar-refractivity contribution >= 4 is 17.6 Å². The van der Waals surface area contributed by atoms with E-state index in [1.54, 1.807) is 7.11 Å². The van der Waals surface area contributed by atoms with E-state index in [2.05, 4.69) is 10.6 Å². The first-order valence-corrected chi connectivity index (χ1v) is 8.10. The number of ether oxygens (including phenoxy) is 3. The fourth-order valence-corrected chi connectivity index (χ4v) is 2.39. The summed E-state index contributed by atoms with van der Waals surface area (Å²) in [4.78, 5) is 23.3. The number of hydrogen-bond acceptors (Lipinski definition) is 6. The van der Waals surface area contributed by atoms with Crippen LogP contribution in [0.5, 0.6) is 5.75 Å². The first-order chi connectivity index (χ1) is 11.7. The van der Waals surface area contributed by atoms with Gasteiger partial charge in [-0.25, -0.2) is 0 Å². The second-order valence-electron chi connectivity index (χ2n) is 5.48. The van der Waals surface area contributed by atoms with Gasteiger partial charge in [-0.3, -0.25) is 9.59 Å². The molecule has 1 saturated heterocycles. The molecule has 0 saturated carbocycles. The Bertz CT molecular complexity index is 544. The molecule has 2 N–H and O–H groups in total. The second kappa shape index (κ2) is 9.77. The lowest BCUT2D eigenvalue weighted by molar-refractivity contribution is -0.148. The largest absolute Gasteiger partial charge is 0.495 e. The molecule has 7 heteroatoms. The van der Waals surface area contributed by atoms with Gasteiger partial charge in [-0.1, -0.05) is 12.1 Å². The molecule has 132 valence electrons. The molecule has 0 radical (unpaired) electrons. The van der Waals surface area contributed by atoms with Crippen molar-refractivity contribution in [1.29, 1.82) is 0 Å². The first kappa shape index (κ1) is 18.1. The van der Waals surface area contributed by atoms with Crippen molar-refractivity contribution in [3.8, 4) is 5.75 Å². The number of carbonyl (C=O) groups excluding carboxylic acids is 2. The van der Waals surface area contributed by atoms with Crippen LogP contribution in [0, 0.1) is 0 Å². The third kappa shape index (κ3) is 6.08. The predicted molar refractivity (Wildman–Crippen MR) is 89.0 cm³/mol. The van der Waals surface area contributed by atoms with Gasteiger partial charge in [0.05, 0.1) is 25.3 Å². The second-order valence-corrected chi connectivity index (χ2v) is 5.48. The Labute approximate surface area is 141 Å². The zero-order valence-electron chi connectivity index (χ0n) is 13.9. The quantitative estimate of drug-likeness (QED) is 0.662. The van der Waals surface area contributed by atoms with Gasteiger partial charge in [-0.2, -0.15) is 0 Å². The van der Waals surface area contributed by atoms with Crippen LogP contribution in [-0.2, 0) is 19.1 Å². The van der Waals surface area contributed by atoms with E-state index in [1.807, 2.05) is 24.3 Å². The van der Waals surface area contributed by atoms with E-state index in [1.165, 1.54) is 0 Å². The Morgan fingerprint density at radius 3 is 2.92 bits per heavy atom. The lowest BCUT2D eigenvalue weighted by atomic mass is 10.2. The van der Waals surface area contributed by atoms with Gasteiger partial charge >= 0.3 is 5.97 Å². The van der Waals surface area contributed by atoms with Gasteiger partial charge < -0.3 is 24.8 Å². The lowest BCUT2D eigenvalue weighted by Crippen LogP contribution is -2.34. The van der Waals surface area contributed by atoms with Gasteiger partial charge in [-0.15, -0.1) is 0 Å². The number of para-hydroxylation sites is 2. The standard InChI is InChI=1S/C17H24N2O5/c1-22-15-7-3-2-6-14(15)18-9-8-17(21)24-12-16(20)19-11-13-5-4-10-23-13/h2-3,6-7,13,18H,4-5,8-12H2,1H3,(H,19,20)/t13-/m0/s1. The van der Waals surface area contributed by atoms with E-state index in [-0.39, 0.29) is 25.0 Å². The average molecular weight is 336 g/mol. The molecule has 1 aromatic rings. The molecular weight excluding hydrogens is 312 g/mol. The summed E-state index contributed by atoms with van der Waals surface area (Å²) in [5, 5.41) is 5.81.